The SMILES string of the molecule is COc1cc(NC(=O)N2c3ccccc3NS2(=O)=O)cc(OC)c1. The third-order valence-corrected chi connectivity index (χ3v) is 4.71. The minimum atomic E-state index is -3.99. The van der Waals surface area contributed by atoms with Gasteiger partial charge >= 0.3 is 16.2 Å². The van der Waals surface area contributed by atoms with Crippen LogP contribution in [0.1, 0.15) is 0 Å². The summed E-state index contributed by atoms with van der Waals surface area (Å²) in [5, 5.41) is 2.54. The molecule has 1 aliphatic heterocycles. The summed E-state index contributed by atoms with van der Waals surface area (Å²) in [5.41, 5.74) is 0.941. The molecule has 0 aromatic heterocycles. The molecule has 2 aromatic rings. The van der Waals surface area contributed by atoms with E-state index in [0.717, 1.165) is 0 Å². The van der Waals surface area contributed by atoms with Crippen molar-refractivity contribution in [3.63, 3.8) is 0 Å². The van der Waals surface area contributed by atoms with Crippen LogP contribution in [-0.2, 0) is 10.2 Å². The van der Waals surface area contributed by atoms with E-state index in [0.29, 0.717) is 27.2 Å². The Balaban J connectivity index is 1.93. The second-order valence-electron chi connectivity index (χ2n) is 4.92. The van der Waals surface area contributed by atoms with Crippen LogP contribution in [0.5, 0.6) is 11.5 Å². The van der Waals surface area contributed by atoms with E-state index in [1.54, 1.807) is 42.5 Å². The molecule has 0 bridgehead atoms. The van der Waals surface area contributed by atoms with E-state index in [-0.39, 0.29) is 5.69 Å². The molecule has 1 aliphatic rings. The zero-order valence-corrected chi connectivity index (χ0v) is 13.8. The van der Waals surface area contributed by atoms with Crippen molar-refractivity contribution in [1.29, 1.82) is 0 Å². The van der Waals surface area contributed by atoms with E-state index in [4.69, 9.17) is 9.47 Å². The van der Waals surface area contributed by atoms with Gasteiger partial charge in [0.25, 0.3) is 0 Å². The molecule has 0 fully saturated rings. The summed E-state index contributed by atoms with van der Waals surface area (Å²) >= 11 is 0. The Bertz CT molecular complexity index is 875. The maximum Gasteiger partial charge on any atom is 0.341 e. The maximum atomic E-state index is 12.5. The Labute approximate surface area is 139 Å². The van der Waals surface area contributed by atoms with E-state index >= 15 is 0 Å². The first-order valence-corrected chi connectivity index (χ1v) is 8.35. The topological polar surface area (TPSA) is 97.0 Å². The van der Waals surface area contributed by atoms with Gasteiger partial charge in [0, 0.05) is 23.9 Å². The number of carbonyl (C=O) groups excluding carboxylic acids is 1. The van der Waals surface area contributed by atoms with E-state index in [9.17, 15) is 13.2 Å². The van der Waals surface area contributed by atoms with Crippen molar-refractivity contribution in [1.82, 2.24) is 0 Å². The van der Waals surface area contributed by atoms with E-state index in [1.807, 2.05) is 0 Å². The first-order valence-electron chi connectivity index (χ1n) is 6.91. The van der Waals surface area contributed by atoms with E-state index in [1.165, 1.54) is 14.2 Å². The van der Waals surface area contributed by atoms with Crippen molar-refractivity contribution in [3.05, 3.63) is 42.5 Å². The van der Waals surface area contributed by atoms with Crippen molar-refractivity contribution in [2.45, 2.75) is 0 Å². The average Bonchev–Trinajstić information content (AvgIpc) is 2.83. The highest BCUT2D eigenvalue weighted by Gasteiger charge is 2.37. The van der Waals surface area contributed by atoms with Crippen LogP contribution in [0.25, 0.3) is 0 Å². The van der Waals surface area contributed by atoms with Gasteiger partial charge in [-0.2, -0.15) is 12.7 Å². The fourth-order valence-corrected chi connectivity index (χ4v) is 3.55. The molecular weight excluding hydrogens is 334 g/mol. The van der Waals surface area contributed by atoms with Gasteiger partial charge in [0.15, 0.2) is 0 Å². The molecule has 0 saturated carbocycles. The van der Waals surface area contributed by atoms with Gasteiger partial charge in [-0.1, -0.05) is 12.1 Å². The lowest BCUT2D eigenvalue weighted by Gasteiger charge is -2.16. The number of urea groups is 1. The van der Waals surface area contributed by atoms with Crippen molar-refractivity contribution >= 4 is 33.3 Å². The van der Waals surface area contributed by atoms with Crippen LogP contribution in [-0.4, -0.2) is 28.7 Å². The van der Waals surface area contributed by atoms with Crippen molar-refractivity contribution in [3.8, 4) is 11.5 Å². The number of hydrogen-bond acceptors (Lipinski definition) is 5. The summed E-state index contributed by atoms with van der Waals surface area (Å²) in [4.78, 5) is 12.5. The molecule has 2 amide bonds. The molecule has 0 saturated heterocycles. The lowest BCUT2D eigenvalue weighted by atomic mass is 10.2. The zero-order valence-electron chi connectivity index (χ0n) is 12.9. The third kappa shape index (κ3) is 2.81. The molecule has 0 spiro atoms. The smallest absolute Gasteiger partial charge is 0.341 e. The highest BCUT2D eigenvalue weighted by molar-refractivity contribution is 7.95. The van der Waals surface area contributed by atoms with Gasteiger partial charge < -0.3 is 14.8 Å². The number of anilines is 3. The van der Waals surface area contributed by atoms with Gasteiger partial charge in [-0.05, 0) is 12.1 Å². The normalized spacial score (nSPS) is 14.5. The number of benzene rings is 2. The summed E-state index contributed by atoms with van der Waals surface area (Å²) in [5.74, 6) is 0.930. The van der Waals surface area contributed by atoms with Gasteiger partial charge in [-0.25, -0.2) is 4.79 Å². The number of nitrogens with zero attached hydrogens (tertiary/aromatic N) is 1. The van der Waals surface area contributed by atoms with Gasteiger partial charge in [-0.3, -0.25) is 4.72 Å². The molecule has 0 atom stereocenters. The number of nitrogens with one attached hydrogen (secondary N) is 2. The Kier molecular flexibility index (Phi) is 3.94. The average molecular weight is 349 g/mol. The Morgan fingerprint density at radius 3 is 2.33 bits per heavy atom. The molecule has 24 heavy (non-hydrogen) atoms. The minimum Gasteiger partial charge on any atom is -0.497 e. The highest BCUT2D eigenvalue weighted by Crippen LogP contribution is 2.36. The van der Waals surface area contributed by atoms with Crippen LogP contribution in [0.3, 0.4) is 0 Å². The minimum absolute atomic E-state index is 0.255. The molecule has 8 nitrogen and oxygen atoms in total. The van der Waals surface area contributed by atoms with Crippen molar-refractivity contribution < 1.29 is 22.7 Å². The van der Waals surface area contributed by atoms with Crippen molar-refractivity contribution in [2.75, 3.05) is 28.6 Å². The number of para-hydroxylation sites is 2. The monoisotopic (exact) mass is 349 g/mol. The lowest BCUT2D eigenvalue weighted by molar-refractivity contribution is 0.260. The molecule has 0 radical (unpaired) electrons. The van der Waals surface area contributed by atoms with E-state index < -0.39 is 16.2 Å². The molecule has 9 heteroatoms. The summed E-state index contributed by atoms with van der Waals surface area (Å²) in [6.07, 6.45) is 0. The molecule has 0 unspecified atom stereocenters. The maximum absolute atomic E-state index is 12.5. The zero-order chi connectivity index (χ0) is 17.3. The number of fused-ring (bicyclic) bond motifs is 1. The number of methoxy groups -OCH3 is 2. The fraction of sp³-hybridized carbons (Fsp3) is 0.133. The largest absolute Gasteiger partial charge is 0.497 e. The Hall–Kier alpha value is -2.94. The number of ether oxygens (including phenoxy) is 2. The standard InChI is InChI=1S/C15H15N3O5S/c1-22-11-7-10(8-12(9-11)23-2)16-15(19)18-14-6-4-3-5-13(14)17-24(18,20)21/h3-9,17H,1-2H3,(H,16,19). The predicted molar refractivity (Wildman–Crippen MR) is 90.0 cm³/mol. The fourth-order valence-electron chi connectivity index (χ4n) is 2.32. The summed E-state index contributed by atoms with van der Waals surface area (Å²) in [7, 11) is -1.03. The number of amides is 2. The molecule has 2 N–H and O–H groups in total. The first-order chi connectivity index (χ1) is 11.4. The molecule has 3 rings (SSSR count). The second-order valence-corrected chi connectivity index (χ2v) is 6.44. The van der Waals surface area contributed by atoms with Crippen LogP contribution in [0, 0.1) is 0 Å². The lowest BCUT2D eigenvalue weighted by Crippen LogP contribution is -2.39. The Morgan fingerprint density at radius 1 is 1.08 bits per heavy atom. The highest BCUT2D eigenvalue weighted by atomic mass is 32.2. The number of rotatable bonds is 3. The van der Waals surface area contributed by atoms with Crippen molar-refractivity contribution in [2.24, 2.45) is 0 Å². The van der Waals surface area contributed by atoms with Gasteiger partial charge in [0.1, 0.15) is 11.5 Å². The van der Waals surface area contributed by atoms with Crippen LogP contribution in [0.2, 0.25) is 0 Å². The summed E-state index contributed by atoms with van der Waals surface area (Å²) in [6, 6.07) is 10.4. The summed E-state index contributed by atoms with van der Waals surface area (Å²) in [6.45, 7) is 0. The summed E-state index contributed by atoms with van der Waals surface area (Å²) < 4.78 is 37.7. The van der Waals surface area contributed by atoms with E-state index in [2.05, 4.69) is 10.0 Å². The van der Waals surface area contributed by atoms with Crippen LogP contribution in [0.15, 0.2) is 42.5 Å². The van der Waals surface area contributed by atoms with Crippen LogP contribution >= 0.6 is 0 Å². The van der Waals surface area contributed by atoms with Gasteiger partial charge in [0.05, 0.1) is 25.6 Å². The molecule has 2 aromatic carbocycles. The van der Waals surface area contributed by atoms with Crippen LogP contribution < -0.4 is 23.8 Å². The molecule has 0 aliphatic carbocycles. The molecular formula is C15H15N3O5S. The van der Waals surface area contributed by atoms with Crippen LogP contribution in [0.4, 0.5) is 21.9 Å². The number of hydrogen-bond donors (Lipinski definition) is 2. The predicted octanol–water partition coefficient (Wildman–Crippen LogP) is 2.41. The first kappa shape index (κ1) is 15.9. The van der Waals surface area contributed by atoms with Gasteiger partial charge in [-0.15, -0.1) is 0 Å². The molecule has 1 heterocycles. The van der Waals surface area contributed by atoms with Gasteiger partial charge in [0.2, 0.25) is 0 Å². The third-order valence-electron chi connectivity index (χ3n) is 3.39. The quantitative estimate of drug-likeness (QED) is 0.887. The second kappa shape index (κ2) is 5.93. The number of carbonyl (C=O) groups is 1. The molecule has 126 valence electrons. The Morgan fingerprint density at radius 2 is 1.71 bits per heavy atom.